The number of hydrogen-bond acceptors (Lipinski definition) is 9. The molecule has 1 N–H and O–H groups in total. The van der Waals surface area contributed by atoms with Gasteiger partial charge in [0.1, 0.15) is 17.9 Å². The molecule has 150 valence electrons. The third-order valence-corrected chi connectivity index (χ3v) is 4.78. The number of amides is 1. The topological polar surface area (TPSA) is 143 Å². The monoisotopic (exact) mass is 418 g/mol. The molecule has 3 aromatic rings. The number of hydrogen-bond donors (Lipinski definition) is 1. The van der Waals surface area contributed by atoms with Crippen LogP contribution in [0.15, 0.2) is 35.3 Å². The molecule has 0 spiro atoms. The van der Waals surface area contributed by atoms with E-state index in [1.54, 1.807) is 18.2 Å². The van der Waals surface area contributed by atoms with E-state index in [2.05, 4.69) is 15.0 Å². The molecule has 0 fully saturated rings. The molecule has 0 saturated heterocycles. The average molecular weight is 418 g/mol. The van der Waals surface area contributed by atoms with Crippen LogP contribution in [0.3, 0.4) is 0 Å². The zero-order valence-corrected chi connectivity index (χ0v) is 16.0. The quantitative estimate of drug-likeness (QED) is 0.363. The maximum atomic E-state index is 12.4. The van der Waals surface area contributed by atoms with E-state index in [1.165, 1.54) is 18.4 Å². The lowest BCUT2D eigenvalue weighted by Gasteiger charge is -2.07. The summed E-state index contributed by atoms with van der Waals surface area (Å²) in [6.07, 6.45) is 0.886. The smallest absolute Gasteiger partial charge is 0.343 e. The van der Waals surface area contributed by atoms with E-state index in [0.717, 1.165) is 28.6 Å². The predicted molar refractivity (Wildman–Crippen MR) is 103 cm³/mol. The predicted octanol–water partition coefficient (Wildman–Crippen LogP) is 1.80. The number of nitro groups is 1. The van der Waals surface area contributed by atoms with Gasteiger partial charge in [-0.05, 0) is 18.2 Å². The van der Waals surface area contributed by atoms with Crippen LogP contribution in [0.5, 0.6) is 5.75 Å². The van der Waals surface area contributed by atoms with Gasteiger partial charge < -0.3 is 14.8 Å². The van der Waals surface area contributed by atoms with Crippen molar-refractivity contribution in [3.05, 3.63) is 56.5 Å². The number of fused-ring (bicyclic) bond motifs is 1. The maximum Gasteiger partial charge on any atom is 0.343 e. The molecule has 2 aromatic heterocycles. The molecule has 0 aliphatic rings. The maximum absolute atomic E-state index is 12.4. The fourth-order valence-corrected chi connectivity index (χ4v) is 3.40. The van der Waals surface area contributed by atoms with Gasteiger partial charge in [0.05, 0.1) is 35.6 Å². The van der Waals surface area contributed by atoms with Crippen molar-refractivity contribution in [2.45, 2.75) is 6.54 Å². The van der Waals surface area contributed by atoms with Crippen LogP contribution in [0.2, 0.25) is 0 Å². The number of thiazole rings is 1. The Balaban J connectivity index is 1.86. The van der Waals surface area contributed by atoms with Crippen LogP contribution >= 0.6 is 11.3 Å². The Hall–Kier alpha value is -3.80. The second-order valence-electron chi connectivity index (χ2n) is 5.69. The van der Waals surface area contributed by atoms with Gasteiger partial charge in [0.15, 0.2) is 5.13 Å². The first kappa shape index (κ1) is 19.9. The summed E-state index contributed by atoms with van der Waals surface area (Å²) in [6.45, 7) is -0.552. The van der Waals surface area contributed by atoms with Crippen molar-refractivity contribution in [2.75, 3.05) is 19.5 Å². The van der Waals surface area contributed by atoms with Gasteiger partial charge in [-0.2, -0.15) is 0 Å². The van der Waals surface area contributed by atoms with Crippen LogP contribution in [0.4, 0.5) is 10.8 Å². The number of carbonyl (C=O) groups is 2. The molecule has 0 atom stereocenters. The van der Waals surface area contributed by atoms with Crippen LogP contribution < -0.4 is 15.6 Å². The zero-order chi connectivity index (χ0) is 21.1. The Morgan fingerprint density at radius 2 is 2.07 bits per heavy atom. The van der Waals surface area contributed by atoms with E-state index in [9.17, 15) is 24.5 Å². The number of aromatic nitrogens is 2. The van der Waals surface area contributed by atoms with E-state index in [4.69, 9.17) is 4.74 Å². The number of esters is 1. The van der Waals surface area contributed by atoms with Crippen molar-refractivity contribution in [3.8, 4) is 5.75 Å². The molecule has 1 amide bonds. The summed E-state index contributed by atoms with van der Waals surface area (Å²) in [4.78, 5) is 51.0. The summed E-state index contributed by atoms with van der Waals surface area (Å²) in [6, 6.07) is 6.03. The first-order valence-corrected chi connectivity index (χ1v) is 8.85. The first-order valence-electron chi connectivity index (χ1n) is 8.04. The lowest BCUT2D eigenvalue weighted by Crippen LogP contribution is -2.31. The minimum atomic E-state index is -1.03. The molecule has 1 aromatic carbocycles. The molecular weight excluding hydrogens is 404 g/mol. The van der Waals surface area contributed by atoms with Gasteiger partial charge in [0.25, 0.3) is 11.2 Å². The van der Waals surface area contributed by atoms with E-state index < -0.39 is 40.2 Å². The first-order chi connectivity index (χ1) is 13.8. The number of pyridine rings is 1. The summed E-state index contributed by atoms with van der Waals surface area (Å²) in [5, 5.41) is 13.9. The van der Waals surface area contributed by atoms with Crippen molar-refractivity contribution >= 4 is 44.2 Å². The summed E-state index contributed by atoms with van der Waals surface area (Å²) in [7, 11) is 2.57. The van der Waals surface area contributed by atoms with Gasteiger partial charge in [0.2, 0.25) is 5.91 Å². The zero-order valence-electron chi connectivity index (χ0n) is 15.2. The Morgan fingerprint density at radius 3 is 2.72 bits per heavy atom. The number of nitrogens with one attached hydrogen (secondary N) is 1. The van der Waals surface area contributed by atoms with Gasteiger partial charge in [0, 0.05) is 6.07 Å². The molecule has 3 rings (SSSR count). The normalized spacial score (nSPS) is 10.6. The van der Waals surface area contributed by atoms with Gasteiger partial charge in [-0.3, -0.25) is 24.3 Å². The Morgan fingerprint density at radius 1 is 1.31 bits per heavy atom. The average Bonchev–Trinajstić information content (AvgIpc) is 3.09. The number of anilines is 1. The molecule has 2 heterocycles. The lowest BCUT2D eigenvalue weighted by atomic mass is 10.2. The Bertz CT molecular complexity index is 1180. The molecule has 0 radical (unpaired) electrons. The highest BCUT2D eigenvalue weighted by atomic mass is 32.1. The van der Waals surface area contributed by atoms with Gasteiger partial charge in [-0.15, -0.1) is 0 Å². The SMILES string of the molecule is COC(=O)c1cc([N+](=O)[O-])cn(CC(=O)Nc2nc3ccc(OC)cc3s2)c1=O. The van der Waals surface area contributed by atoms with Crippen LogP contribution in [0.1, 0.15) is 10.4 Å². The van der Waals surface area contributed by atoms with Crippen molar-refractivity contribution < 1.29 is 24.0 Å². The number of benzene rings is 1. The summed E-state index contributed by atoms with van der Waals surface area (Å²) in [5.41, 5.74) is -1.30. The van der Waals surface area contributed by atoms with E-state index in [-0.39, 0.29) is 5.13 Å². The highest BCUT2D eigenvalue weighted by Crippen LogP contribution is 2.29. The molecule has 0 aliphatic heterocycles. The molecule has 12 heteroatoms. The van der Waals surface area contributed by atoms with E-state index >= 15 is 0 Å². The van der Waals surface area contributed by atoms with Gasteiger partial charge >= 0.3 is 5.97 Å². The molecule has 0 aliphatic carbocycles. The highest BCUT2D eigenvalue weighted by molar-refractivity contribution is 7.22. The minimum Gasteiger partial charge on any atom is -0.497 e. The number of ether oxygens (including phenoxy) is 2. The van der Waals surface area contributed by atoms with Crippen molar-refractivity contribution in [1.29, 1.82) is 0 Å². The van der Waals surface area contributed by atoms with Crippen LogP contribution in [-0.4, -0.2) is 40.6 Å². The van der Waals surface area contributed by atoms with E-state index in [1.807, 2.05) is 0 Å². The molecule has 29 heavy (non-hydrogen) atoms. The molecule has 0 bridgehead atoms. The van der Waals surface area contributed by atoms with Crippen molar-refractivity contribution in [3.63, 3.8) is 0 Å². The Kier molecular flexibility index (Phi) is 5.54. The number of methoxy groups -OCH3 is 2. The van der Waals surface area contributed by atoms with Crippen molar-refractivity contribution in [1.82, 2.24) is 9.55 Å². The van der Waals surface area contributed by atoms with Crippen LogP contribution in [0, 0.1) is 10.1 Å². The fraction of sp³-hybridized carbons (Fsp3) is 0.176. The second-order valence-corrected chi connectivity index (χ2v) is 6.73. The third kappa shape index (κ3) is 4.21. The largest absolute Gasteiger partial charge is 0.497 e. The number of nitrogens with zero attached hydrogens (tertiary/aromatic N) is 3. The van der Waals surface area contributed by atoms with Crippen LogP contribution in [-0.2, 0) is 16.1 Å². The van der Waals surface area contributed by atoms with Gasteiger partial charge in [-0.1, -0.05) is 11.3 Å². The van der Waals surface area contributed by atoms with Crippen LogP contribution in [0.25, 0.3) is 10.2 Å². The van der Waals surface area contributed by atoms with Gasteiger partial charge in [-0.25, -0.2) is 9.78 Å². The second kappa shape index (κ2) is 8.06. The molecule has 11 nitrogen and oxygen atoms in total. The fourth-order valence-electron chi connectivity index (χ4n) is 2.49. The summed E-state index contributed by atoms with van der Waals surface area (Å²) in [5.74, 6) is -1.04. The molecule has 0 unspecified atom stereocenters. The summed E-state index contributed by atoms with van der Waals surface area (Å²) >= 11 is 1.20. The molecule has 0 saturated carbocycles. The lowest BCUT2D eigenvalue weighted by molar-refractivity contribution is -0.385. The molecular formula is C17H14N4O7S. The number of carbonyl (C=O) groups excluding carboxylic acids is 2. The van der Waals surface area contributed by atoms with E-state index in [0.29, 0.717) is 11.3 Å². The third-order valence-electron chi connectivity index (χ3n) is 3.84. The Labute approximate surface area is 166 Å². The number of rotatable bonds is 6. The highest BCUT2D eigenvalue weighted by Gasteiger charge is 2.21. The standard InChI is InChI=1S/C17H14N4O7S/c1-27-10-3-4-12-13(6-10)29-17(18-12)19-14(22)8-20-7-9(21(25)26)5-11(15(20)23)16(24)28-2/h3-7H,8H2,1-2H3,(H,18,19,22). The summed E-state index contributed by atoms with van der Waals surface area (Å²) < 4.78 is 11.2. The van der Waals surface area contributed by atoms with Crippen molar-refractivity contribution in [2.24, 2.45) is 0 Å². The minimum absolute atomic E-state index is 0.282.